The van der Waals surface area contributed by atoms with Crippen molar-refractivity contribution >= 4 is 23.2 Å². The van der Waals surface area contributed by atoms with Crippen molar-refractivity contribution in [3.8, 4) is 0 Å². The van der Waals surface area contributed by atoms with E-state index in [4.69, 9.17) is 0 Å². The summed E-state index contributed by atoms with van der Waals surface area (Å²) < 4.78 is 1.79. The summed E-state index contributed by atoms with van der Waals surface area (Å²) in [5, 5.41) is 7.39. The average molecular weight is 420 g/mol. The van der Waals surface area contributed by atoms with Crippen molar-refractivity contribution < 1.29 is 9.59 Å². The van der Waals surface area contributed by atoms with Gasteiger partial charge in [-0.3, -0.25) is 9.59 Å². The van der Waals surface area contributed by atoms with Crippen LogP contribution in [0.25, 0.3) is 5.65 Å². The monoisotopic (exact) mass is 419 g/mol. The van der Waals surface area contributed by atoms with E-state index in [0.717, 1.165) is 24.5 Å². The Morgan fingerprint density at radius 2 is 1.90 bits per heavy atom. The van der Waals surface area contributed by atoms with E-state index in [1.54, 1.807) is 17.6 Å². The normalized spacial score (nSPS) is 16.6. The van der Waals surface area contributed by atoms with Gasteiger partial charge in [-0.15, -0.1) is 0 Å². The molecule has 4 rings (SSSR count). The second-order valence-corrected chi connectivity index (χ2v) is 9.27. The van der Waals surface area contributed by atoms with Crippen LogP contribution in [0.3, 0.4) is 0 Å². The van der Waals surface area contributed by atoms with Gasteiger partial charge < -0.3 is 10.2 Å². The van der Waals surface area contributed by atoms with Crippen molar-refractivity contribution in [2.75, 3.05) is 18.0 Å². The average Bonchev–Trinajstić information content (AvgIpc) is 3.35. The fourth-order valence-corrected chi connectivity index (χ4v) is 4.06. The highest BCUT2D eigenvalue weighted by Crippen LogP contribution is 2.24. The molecule has 0 saturated carbocycles. The van der Waals surface area contributed by atoms with Crippen molar-refractivity contribution in [3.05, 3.63) is 59.4 Å². The summed E-state index contributed by atoms with van der Waals surface area (Å²) in [5.74, 6) is 0.920. The molecule has 1 amide bonds. The number of hydrogen-bond donors (Lipinski definition) is 1. The number of nitrogens with one attached hydrogen (secondary N) is 1. The van der Waals surface area contributed by atoms with E-state index >= 15 is 0 Å². The quantitative estimate of drug-likeness (QED) is 0.643. The standard InChI is InChI=1S/C24H29N5O2/c1-16(30)26-19-10-12-28(15-19)23-14-20(27-22-9-11-25-29(22)23)13-21(31)17-5-7-18(8-6-17)24(2,3)4/h5-9,11,14,19H,10,12-13,15H2,1-4H3,(H,26,30). The number of fused-ring (bicyclic) bond motifs is 1. The Balaban J connectivity index is 1.56. The van der Waals surface area contributed by atoms with Gasteiger partial charge in [0.25, 0.3) is 0 Å². The molecule has 3 aromatic rings. The third-order valence-electron chi connectivity index (χ3n) is 5.73. The summed E-state index contributed by atoms with van der Waals surface area (Å²) in [7, 11) is 0. The maximum atomic E-state index is 12.9. The fourth-order valence-electron chi connectivity index (χ4n) is 4.06. The number of carbonyl (C=O) groups is 2. The van der Waals surface area contributed by atoms with Crippen molar-refractivity contribution in [1.82, 2.24) is 19.9 Å². The first kappa shape index (κ1) is 21.0. The number of aromatic nitrogens is 3. The van der Waals surface area contributed by atoms with Gasteiger partial charge >= 0.3 is 0 Å². The van der Waals surface area contributed by atoms with Gasteiger partial charge in [-0.1, -0.05) is 45.0 Å². The van der Waals surface area contributed by atoms with Crippen LogP contribution in [0.4, 0.5) is 5.82 Å². The van der Waals surface area contributed by atoms with Crippen molar-refractivity contribution in [3.63, 3.8) is 0 Å². The van der Waals surface area contributed by atoms with E-state index < -0.39 is 0 Å². The summed E-state index contributed by atoms with van der Waals surface area (Å²) in [6.45, 7) is 9.53. The molecule has 0 spiro atoms. The van der Waals surface area contributed by atoms with Crippen molar-refractivity contribution in [2.24, 2.45) is 0 Å². The molecule has 7 nitrogen and oxygen atoms in total. The van der Waals surface area contributed by atoms with E-state index in [-0.39, 0.29) is 29.6 Å². The zero-order chi connectivity index (χ0) is 22.2. The van der Waals surface area contributed by atoms with Crippen LogP contribution in [0.2, 0.25) is 0 Å². The molecule has 1 aromatic carbocycles. The molecule has 1 fully saturated rings. The van der Waals surface area contributed by atoms with Gasteiger partial charge in [-0.05, 0) is 17.4 Å². The second kappa shape index (κ2) is 8.13. The zero-order valence-electron chi connectivity index (χ0n) is 18.6. The van der Waals surface area contributed by atoms with Gasteiger partial charge in [0, 0.05) is 43.8 Å². The lowest BCUT2D eigenvalue weighted by atomic mass is 9.86. The lowest BCUT2D eigenvalue weighted by molar-refractivity contribution is -0.119. The first-order valence-corrected chi connectivity index (χ1v) is 10.7. The minimum atomic E-state index is -0.0189. The molecule has 3 heterocycles. The predicted molar refractivity (Wildman–Crippen MR) is 121 cm³/mol. The Bertz CT molecular complexity index is 1110. The van der Waals surface area contributed by atoms with Gasteiger partial charge in [-0.25, -0.2) is 4.98 Å². The Morgan fingerprint density at radius 1 is 1.16 bits per heavy atom. The molecule has 1 N–H and O–H groups in total. The number of Topliss-reactive ketones (excluding diaryl/α,β-unsaturated/α-hetero) is 1. The fraction of sp³-hybridized carbons (Fsp3) is 0.417. The number of amides is 1. The number of benzene rings is 1. The second-order valence-electron chi connectivity index (χ2n) is 9.27. The minimum Gasteiger partial charge on any atom is -0.354 e. The first-order chi connectivity index (χ1) is 14.7. The Hall–Kier alpha value is -3.22. The molecule has 31 heavy (non-hydrogen) atoms. The van der Waals surface area contributed by atoms with Crippen LogP contribution in [-0.2, 0) is 16.6 Å². The van der Waals surface area contributed by atoms with Gasteiger partial charge in [0.15, 0.2) is 11.4 Å². The van der Waals surface area contributed by atoms with E-state index in [0.29, 0.717) is 17.8 Å². The number of hydrogen-bond acceptors (Lipinski definition) is 5. The molecular weight excluding hydrogens is 390 g/mol. The summed E-state index contributed by atoms with van der Waals surface area (Å²) in [6.07, 6.45) is 2.82. The van der Waals surface area contributed by atoms with Crippen LogP contribution in [0, 0.1) is 0 Å². The highest BCUT2D eigenvalue weighted by atomic mass is 16.1. The summed E-state index contributed by atoms with van der Waals surface area (Å²) in [5.41, 5.74) is 3.38. The van der Waals surface area contributed by atoms with Crippen molar-refractivity contribution in [1.29, 1.82) is 0 Å². The molecule has 2 aromatic heterocycles. The van der Waals surface area contributed by atoms with Gasteiger partial charge in [0.1, 0.15) is 5.82 Å². The van der Waals surface area contributed by atoms with Gasteiger partial charge in [0.2, 0.25) is 5.91 Å². The molecule has 7 heteroatoms. The number of anilines is 1. The molecule has 0 radical (unpaired) electrons. The Morgan fingerprint density at radius 3 is 2.58 bits per heavy atom. The van der Waals surface area contributed by atoms with Crippen LogP contribution in [-0.4, -0.2) is 45.4 Å². The smallest absolute Gasteiger partial charge is 0.217 e. The van der Waals surface area contributed by atoms with Crippen molar-refractivity contribution in [2.45, 2.75) is 52.0 Å². The van der Waals surface area contributed by atoms with Crippen LogP contribution in [0.15, 0.2) is 42.6 Å². The largest absolute Gasteiger partial charge is 0.354 e. The zero-order valence-corrected chi connectivity index (χ0v) is 18.6. The SMILES string of the molecule is CC(=O)NC1CCN(c2cc(CC(=O)c3ccc(C(C)(C)C)cc3)nc3ccnn23)C1. The topological polar surface area (TPSA) is 79.6 Å². The molecule has 162 valence electrons. The van der Waals surface area contributed by atoms with Crippen LogP contribution in [0.5, 0.6) is 0 Å². The third kappa shape index (κ3) is 4.60. The Kier molecular flexibility index (Phi) is 5.52. The molecule has 1 aliphatic rings. The number of nitrogens with zero attached hydrogens (tertiary/aromatic N) is 4. The minimum absolute atomic E-state index is 0.0189. The number of ketones is 1. The Labute approximate surface area is 182 Å². The maximum absolute atomic E-state index is 12.9. The lowest BCUT2D eigenvalue weighted by Crippen LogP contribution is -2.36. The van der Waals surface area contributed by atoms with Crippen LogP contribution >= 0.6 is 0 Å². The predicted octanol–water partition coefficient (Wildman–Crippen LogP) is 3.17. The van der Waals surface area contributed by atoms with Crippen LogP contribution < -0.4 is 10.2 Å². The first-order valence-electron chi connectivity index (χ1n) is 10.7. The van der Waals surface area contributed by atoms with E-state index in [9.17, 15) is 9.59 Å². The summed E-state index contributed by atoms with van der Waals surface area (Å²) in [6, 6.07) is 11.8. The molecule has 0 bridgehead atoms. The highest BCUT2D eigenvalue weighted by Gasteiger charge is 2.26. The molecule has 1 atom stereocenters. The summed E-state index contributed by atoms with van der Waals surface area (Å²) in [4.78, 5) is 31.2. The third-order valence-corrected chi connectivity index (χ3v) is 5.73. The summed E-state index contributed by atoms with van der Waals surface area (Å²) >= 11 is 0. The van der Waals surface area contributed by atoms with E-state index in [1.807, 2.05) is 36.4 Å². The molecule has 1 saturated heterocycles. The van der Waals surface area contributed by atoms with Gasteiger partial charge in [-0.2, -0.15) is 9.61 Å². The molecule has 1 aliphatic heterocycles. The van der Waals surface area contributed by atoms with Gasteiger partial charge in [0.05, 0.1) is 18.3 Å². The highest BCUT2D eigenvalue weighted by molar-refractivity contribution is 5.97. The molecule has 1 unspecified atom stereocenters. The number of rotatable bonds is 5. The van der Waals surface area contributed by atoms with Crippen LogP contribution in [0.1, 0.15) is 55.7 Å². The molecule has 0 aliphatic carbocycles. The number of carbonyl (C=O) groups excluding carboxylic acids is 2. The van der Waals surface area contributed by atoms with E-state index in [2.05, 4.69) is 41.1 Å². The molecular formula is C24H29N5O2. The maximum Gasteiger partial charge on any atom is 0.217 e. The lowest BCUT2D eigenvalue weighted by Gasteiger charge is -2.20. The van der Waals surface area contributed by atoms with E-state index in [1.165, 1.54) is 5.56 Å².